The summed E-state index contributed by atoms with van der Waals surface area (Å²) < 4.78 is 6.65. The Hall–Kier alpha value is -4.84. The highest BCUT2D eigenvalue weighted by atomic mass is 35.5. The molecular weight excluding hydrogens is 656 g/mol. The molecule has 2 heterocycles. The zero-order valence-electron chi connectivity index (χ0n) is 29.9. The summed E-state index contributed by atoms with van der Waals surface area (Å²) in [5, 5.41) is 5.84. The standard InChI is InChI=1S/C21H30N4O3.C16H22N4O.ClH/c1-5-6-7-8-12-18(26)24-16-11-9-10-15(13-16)17-14-23-19(22)25(17)20(27)28-21(2,3)4;1-2-3-4-5-9-15(21)19-13-8-6-7-12(10-13)14-11-18-16(17)20-14;/h9-11,13-14H,5-8,12H2,1-4H3,(H2,22,23)(H,24,26);6-8,10-11H,2-5,9H2,1H3,(H,19,21)(H3,17,18,20);1H. The number of ether oxygens (including phenoxy) is 1. The number of aromatic amines is 1. The zero-order valence-corrected chi connectivity index (χ0v) is 30.7. The van der Waals surface area contributed by atoms with Gasteiger partial charge in [-0.1, -0.05) is 76.6 Å². The Morgan fingerprint density at radius 3 is 1.82 bits per heavy atom. The third kappa shape index (κ3) is 13.9. The summed E-state index contributed by atoms with van der Waals surface area (Å²) in [5.41, 5.74) is 15.3. The number of carbonyl (C=O) groups excluding carboxylic acids is 3. The van der Waals surface area contributed by atoms with Crippen LogP contribution < -0.4 is 22.1 Å². The average Bonchev–Trinajstić information content (AvgIpc) is 3.66. The van der Waals surface area contributed by atoms with Crippen LogP contribution in [0.1, 0.15) is 98.8 Å². The monoisotopic (exact) mass is 708 g/mol. The normalized spacial score (nSPS) is 10.7. The van der Waals surface area contributed by atoms with Gasteiger partial charge in [0.2, 0.25) is 17.8 Å². The van der Waals surface area contributed by atoms with Gasteiger partial charge in [-0.25, -0.2) is 19.3 Å². The van der Waals surface area contributed by atoms with Crippen molar-refractivity contribution in [1.82, 2.24) is 19.5 Å². The first-order chi connectivity index (χ1) is 23.4. The van der Waals surface area contributed by atoms with E-state index < -0.39 is 11.7 Å². The number of carbonyl (C=O) groups is 3. The Kier molecular flexibility index (Phi) is 17.0. The lowest BCUT2D eigenvalue weighted by Crippen LogP contribution is -2.28. The van der Waals surface area contributed by atoms with Crippen molar-refractivity contribution >= 4 is 53.6 Å². The smallest absolute Gasteiger partial charge is 0.421 e. The minimum Gasteiger partial charge on any atom is -0.443 e. The number of imidazole rings is 2. The lowest BCUT2D eigenvalue weighted by atomic mass is 10.1. The van der Waals surface area contributed by atoms with Gasteiger partial charge in [0.05, 0.1) is 23.8 Å². The Morgan fingerprint density at radius 2 is 1.32 bits per heavy atom. The first-order valence-corrected chi connectivity index (χ1v) is 17.1. The minimum absolute atomic E-state index is 0. The molecule has 2 aromatic carbocycles. The van der Waals surface area contributed by atoms with Gasteiger partial charge < -0.3 is 31.8 Å². The number of H-pyrrole nitrogens is 1. The summed E-state index contributed by atoms with van der Waals surface area (Å²) in [4.78, 5) is 47.5. The third-order valence-corrected chi connectivity index (χ3v) is 7.37. The molecule has 0 unspecified atom stereocenters. The van der Waals surface area contributed by atoms with E-state index in [-0.39, 0.29) is 30.2 Å². The number of halogens is 1. The molecule has 0 fully saturated rings. The van der Waals surface area contributed by atoms with Crippen LogP contribution in [0.3, 0.4) is 0 Å². The second kappa shape index (κ2) is 20.6. The van der Waals surface area contributed by atoms with E-state index in [1.807, 2.05) is 42.5 Å². The SMILES string of the molecule is CCCCCCC(=O)Nc1cccc(-c2cnc(N)[nH]2)c1.CCCCCCC(=O)Nc1cccc(-c2cnc(N)n2C(=O)OC(C)(C)C)c1.Cl. The van der Waals surface area contributed by atoms with Gasteiger partial charge >= 0.3 is 6.09 Å². The zero-order chi connectivity index (χ0) is 35.8. The van der Waals surface area contributed by atoms with Crippen LogP contribution in [0.5, 0.6) is 0 Å². The van der Waals surface area contributed by atoms with E-state index in [2.05, 4.69) is 39.4 Å². The Balaban J connectivity index is 0.000000353. The number of anilines is 4. The van der Waals surface area contributed by atoms with Crippen molar-refractivity contribution < 1.29 is 19.1 Å². The fraction of sp³-hybridized carbons (Fsp3) is 0.432. The first-order valence-electron chi connectivity index (χ1n) is 17.1. The number of amides is 2. The number of unbranched alkanes of at least 4 members (excludes halogenated alkanes) is 6. The van der Waals surface area contributed by atoms with Crippen molar-refractivity contribution in [3.8, 4) is 22.5 Å². The predicted molar refractivity (Wildman–Crippen MR) is 204 cm³/mol. The number of nitrogens with one attached hydrogen (secondary N) is 3. The minimum atomic E-state index is -0.654. The molecule has 0 aliphatic carbocycles. The van der Waals surface area contributed by atoms with Crippen LogP contribution in [0.2, 0.25) is 0 Å². The van der Waals surface area contributed by atoms with Crippen LogP contribution in [0.15, 0.2) is 60.9 Å². The van der Waals surface area contributed by atoms with Crippen LogP contribution in [0, 0.1) is 0 Å². The number of hydrogen-bond acceptors (Lipinski definition) is 8. The van der Waals surface area contributed by atoms with E-state index in [0.29, 0.717) is 35.7 Å². The molecule has 0 saturated heterocycles. The average molecular weight is 709 g/mol. The molecule has 0 aliphatic heterocycles. The number of aromatic nitrogens is 4. The number of rotatable bonds is 14. The first kappa shape index (κ1) is 41.3. The van der Waals surface area contributed by atoms with Crippen molar-refractivity contribution in [2.45, 2.75) is 104 Å². The van der Waals surface area contributed by atoms with Gasteiger partial charge in [0.1, 0.15) is 5.60 Å². The van der Waals surface area contributed by atoms with Gasteiger partial charge in [0.25, 0.3) is 0 Å². The Morgan fingerprint density at radius 1 is 0.780 bits per heavy atom. The molecule has 13 heteroatoms. The van der Waals surface area contributed by atoms with E-state index in [4.69, 9.17) is 16.2 Å². The van der Waals surface area contributed by atoms with E-state index in [1.165, 1.54) is 23.6 Å². The molecule has 2 amide bonds. The largest absolute Gasteiger partial charge is 0.443 e. The van der Waals surface area contributed by atoms with Crippen LogP contribution in [0.25, 0.3) is 22.5 Å². The van der Waals surface area contributed by atoms with Crippen molar-refractivity contribution in [3.05, 3.63) is 60.9 Å². The Labute approximate surface area is 301 Å². The van der Waals surface area contributed by atoms with Gasteiger partial charge in [-0.2, -0.15) is 0 Å². The van der Waals surface area contributed by atoms with Crippen molar-refractivity contribution in [3.63, 3.8) is 0 Å². The molecule has 4 rings (SSSR count). The van der Waals surface area contributed by atoms with Gasteiger partial charge in [-0.3, -0.25) is 9.59 Å². The van der Waals surface area contributed by atoms with Crippen LogP contribution in [-0.4, -0.2) is 43.0 Å². The Bertz CT molecular complexity index is 1660. The summed E-state index contributed by atoms with van der Waals surface area (Å²) in [6, 6.07) is 14.9. The number of nitrogens with zero attached hydrogens (tertiary/aromatic N) is 3. The quantitative estimate of drug-likeness (QED) is 0.0805. The number of benzene rings is 2. The fourth-order valence-corrected chi connectivity index (χ4v) is 4.94. The summed E-state index contributed by atoms with van der Waals surface area (Å²) in [7, 11) is 0. The maximum atomic E-state index is 12.5. The summed E-state index contributed by atoms with van der Waals surface area (Å²) in [6.07, 6.45) is 12.3. The fourth-order valence-electron chi connectivity index (χ4n) is 4.94. The third-order valence-electron chi connectivity index (χ3n) is 7.37. The maximum absolute atomic E-state index is 12.5. The van der Waals surface area contributed by atoms with E-state index in [0.717, 1.165) is 55.5 Å². The molecule has 0 radical (unpaired) electrons. The van der Waals surface area contributed by atoms with Crippen LogP contribution in [-0.2, 0) is 14.3 Å². The van der Waals surface area contributed by atoms with Crippen molar-refractivity contribution in [2.75, 3.05) is 22.1 Å². The lowest BCUT2D eigenvalue weighted by Gasteiger charge is -2.20. The molecule has 2 aromatic heterocycles. The van der Waals surface area contributed by atoms with Crippen LogP contribution >= 0.6 is 12.4 Å². The summed E-state index contributed by atoms with van der Waals surface area (Å²) in [5.74, 6) is 0.478. The highest BCUT2D eigenvalue weighted by Crippen LogP contribution is 2.26. The second-order valence-corrected chi connectivity index (χ2v) is 12.9. The molecule has 0 spiro atoms. The maximum Gasteiger partial charge on any atom is 0.421 e. The molecule has 12 nitrogen and oxygen atoms in total. The topological polar surface area (TPSA) is 183 Å². The van der Waals surface area contributed by atoms with Gasteiger partial charge in [-0.05, 0) is 57.9 Å². The molecule has 272 valence electrons. The molecule has 0 atom stereocenters. The highest BCUT2D eigenvalue weighted by Gasteiger charge is 2.23. The number of nitrogens with two attached hydrogens (primary N) is 2. The van der Waals surface area contributed by atoms with Gasteiger partial charge in [-0.15, -0.1) is 12.4 Å². The molecule has 0 saturated carbocycles. The van der Waals surface area contributed by atoms with Crippen LogP contribution in [0.4, 0.5) is 28.1 Å². The number of hydrogen-bond donors (Lipinski definition) is 5. The highest BCUT2D eigenvalue weighted by molar-refractivity contribution is 5.92. The van der Waals surface area contributed by atoms with Gasteiger partial charge in [0.15, 0.2) is 5.95 Å². The summed E-state index contributed by atoms with van der Waals surface area (Å²) >= 11 is 0. The van der Waals surface area contributed by atoms with E-state index in [1.54, 1.807) is 33.0 Å². The predicted octanol–water partition coefficient (Wildman–Crippen LogP) is 8.81. The molecule has 50 heavy (non-hydrogen) atoms. The molecule has 7 N–H and O–H groups in total. The van der Waals surface area contributed by atoms with Crippen molar-refractivity contribution in [1.29, 1.82) is 0 Å². The van der Waals surface area contributed by atoms with E-state index >= 15 is 0 Å². The molecule has 0 bridgehead atoms. The molecule has 0 aliphatic rings. The number of nitrogen functional groups attached to an aromatic ring is 2. The van der Waals surface area contributed by atoms with Gasteiger partial charge in [0, 0.05) is 35.3 Å². The summed E-state index contributed by atoms with van der Waals surface area (Å²) in [6.45, 7) is 9.66. The second-order valence-electron chi connectivity index (χ2n) is 12.9. The molecule has 4 aromatic rings. The van der Waals surface area contributed by atoms with E-state index in [9.17, 15) is 14.4 Å². The lowest BCUT2D eigenvalue weighted by molar-refractivity contribution is -0.117. The van der Waals surface area contributed by atoms with Crippen molar-refractivity contribution in [2.24, 2.45) is 0 Å². The molecular formula is C37H53ClN8O4.